The van der Waals surface area contributed by atoms with E-state index < -0.39 is 0 Å². The fourth-order valence-corrected chi connectivity index (χ4v) is 3.00. The van der Waals surface area contributed by atoms with Crippen LogP contribution in [0.4, 0.5) is 11.9 Å². The Bertz CT molecular complexity index is 836. The molecule has 3 aromatic rings. The number of fused-ring (bicyclic) bond motifs is 1. The van der Waals surface area contributed by atoms with Gasteiger partial charge in [-0.15, -0.1) is 0 Å². The fourth-order valence-electron chi connectivity index (χ4n) is 2.13. The Morgan fingerprint density at radius 1 is 1.00 bits per heavy atom. The highest BCUT2D eigenvalue weighted by Crippen LogP contribution is 2.33. The van der Waals surface area contributed by atoms with Crippen LogP contribution in [0.3, 0.4) is 0 Å². The number of pyridine rings is 1. The van der Waals surface area contributed by atoms with Crippen LogP contribution < -0.4 is 10.6 Å². The number of aromatic nitrogens is 4. The summed E-state index contributed by atoms with van der Waals surface area (Å²) in [5, 5.41) is 2.08. The summed E-state index contributed by atoms with van der Waals surface area (Å²) in [4.78, 5) is 19.3. The number of nitrogens with zero attached hydrogens (tertiary/aromatic N) is 5. The first kappa shape index (κ1) is 15.5. The van der Waals surface area contributed by atoms with Gasteiger partial charge in [-0.05, 0) is 19.1 Å². The van der Waals surface area contributed by atoms with Crippen LogP contribution in [-0.4, -0.2) is 34.0 Å². The Balaban J connectivity index is 1.86. The Morgan fingerprint density at radius 3 is 2.57 bits per heavy atom. The fraction of sp³-hybridized carbons (Fsp3) is 0.250. The maximum Gasteiger partial charge on any atom is 0.229 e. The first-order chi connectivity index (χ1) is 11.0. The zero-order valence-electron chi connectivity index (χ0n) is 13.3. The number of hydrogen-bond donors (Lipinski definition) is 1. The van der Waals surface area contributed by atoms with Gasteiger partial charge in [0.2, 0.25) is 11.9 Å². The second-order valence-electron chi connectivity index (χ2n) is 5.35. The Kier molecular flexibility index (Phi) is 4.29. The molecule has 0 spiro atoms. The van der Waals surface area contributed by atoms with E-state index in [0.29, 0.717) is 11.8 Å². The quantitative estimate of drug-likeness (QED) is 0.738. The Morgan fingerprint density at radius 2 is 1.78 bits per heavy atom. The summed E-state index contributed by atoms with van der Waals surface area (Å²) in [5.74, 6) is 1.45. The van der Waals surface area contributed by atoms with E-state index in [2.05, 4.69) is 32.1 Å². The normalized spacial score (nSPS) is 12.3. The molecule has 0 radical (unpaired) electrons. The van der Waals surface area contributed by atoms with Crippen LogP contribution in [0.5, 0.6) is 0 Å². The van der Waals surface area contributed by atoms with Gasteiger partial charge in [-0.1, -0.05) is 36.0 Å². The molecule has 0 aliphatic rings. The van der Waals surface area contributed by atoms with E-state index in [9.17, 15) is 0 Å². The minimum absolute atomic E-state index is 0.0210. The third-order valence-electron chi connectivity index (χ3n) is 3.29. The van der Waals surface area contributed by atoms with Crippen LogP contribution in [0.25, 0.3) is 10.9 Å². The number of para-hydroxylation sites is 1. The molecule has 0 saturated heterocycles. The lowest BCUT2D eigenvalue weighted by molar-refractivity contribution is 0.863. The van der Waals surface area contributed by atoms with Crippen molar-refractivity contribution in [3.63, 3.8) is 0 Å². The number of anilines is 2. The minimum atomic E-state index is 0.0210. The molecule has 6 nitrogen and oxygen atoms in total. The third kappa shape index (κ3) is 3.50. The topological polar surface area (TPSA) is 80.8 Å². The van der Waals surface area contributed by atoms with E-state index in [1.807, 2.05) is 50.2 Å². The summed E-state index contributed by atoms with van der Waals surface area (Å²) in [6, 6.07) is 12.1. The van der Waals surface area contributed by atoms with E-state index in [4.69, 9.17) is 5.73 Å². The van der Waals surface area contributed by atoms with Gasteiger partial charge in [-0.25, -0.2) is 4.98 Å². The third-order valence-corrected chi connectivity index (χ3v) is 4.33. The van der Waals surface area contributed by atoms with Crippen molar-refractivity contribution in [1.29, 1.82) is 0 Å². The number of benzene rings is 1. The van der Waals surface area contributed by atoms with Crippen molar-refractivity contribution in [1.82, 2.24) is 19.9 Å². The van der Waals surface area contributed by atoms with Gasteiger partial charge in [0.25, 0.3) is 0 Å². The number of thioether (sulfide) groups is 1. The van der Waals surface area contributed by atoms with Crippen molar-refractivity contribution in [3.8, 4) is 0 Å². The van der Waals surface area contributed by atoms with Crippen molar-refractivity contribution in [2.45, 2.75) is 17.2 Å². The average molecular weight is 326 g/mol. The molecule has 0 amide bonds. The van der Waals surface area contributed by atoms with Gasteiger partial charge in [0.05, 0.1) is 15.8 Å². The lowest BCUT2D eigenvalue weighted by Gasteiger charge is -2.14. The van der Waals surface area contributed by atoms with Crippen LogP contribution in [0.2, 0.25) is 0 Å². The van der Waals surface area contributed by atoms with Crippen molar-refractivity contribution in [3.05, 3.63) is 42.2 Å². The summed E-state index contributed by atoms with van der Waals surface area (Å²) < 4.78 is 0. The molecule has 23 heavy (non-hydrogen) atoms. The molecule has 2 heterocycles. The van der Waals surface area contributed by atoms with E-state index in [1.54, 1.807) is 11.8 Å². The molecule has 0 saturated carbocycles. The van der Waals surface area contributed by atoms with Gasteiger partial charge >= 0.3 is 0 Å². The number of rotatable bonds is 4. The molecule has 2 N–H and O–H groups in total. The van der Waals surface area contributed by atoms with E-state index in [-0.39, 0.29) is 11.2 Å². The van der Waals surface area contributed by atoms with Gasteiger partial charge < -0.3 is 10.6 Å². The van der Waals surface area contributed by atoms with Crippen molar-refractivity contribution in [2.75, 3.05) is 24.7 Å². The first-order valence-electron chi connectivity index (χ1n) is 7.24. The summed E-state index contributed by atoms with van der Waals surface area (Å²) in [5.41, 5.74) is 6.77. The second kappa shape index (κ2) is 6.37. The highest BCUT2D eigenvalue weighted by atomic mass is 32.2. The van der Waals surface area contributed by atoms with Crippen LogP contribution in [-0.2, 0) is 0 Å². The highest BCUT2D eigenvalue weighted by Gasteiger charge is 2.15. The minimum Gasteiger partial charge on any atom is -0.368 e. The van der Waals surface area contributed by atoms with Gasteiger partial charge in [0.15, 0.2) is 0 Å². The lowest BCUT2D eigenvalue weighted by Crippen LogP contribution is -2.16. The first-order valence-corrected chi connectivity index (χ1v) is 8.12. The maximum absolute atomic E-state index is 5.79. The Labute approximate surface area is 139 Å². The standard InChI is InChI=1S/C16H18N6S/c1-10(14-19-15(17)21-16(20-14)22(2)3)23-13-9-8-11-6-4-5-7-12(11)18-13/h4-10H,1-3H3,(H2,17,19,20,21). The monoisotopic (exact) mass is 326 g/mol. The van der Waals surface area contributed by atoms with Crippen LogP contribution in [0.15, 0.2) is 41.4 Å². The summed E-state index contributed by atoms with van der Waals surface area (Å²) in [6.45, 7) is 2.04. The van der Waals surface area contributed by atoms with E-state index in [0.717, 1.165) is 15.9 Å². The van der Waals surface area contributed by atoms with Crippen molar-refractivity contribution >= 4 is 34.6 Å². The summed E-state index contributed by atoms with van der Waals surface area (Å²) in [7, 11) is 3.75. The molecule has 0 fully saturated rings. The van der Waals surface area contributed by atoms with Crippen molar-refractivity contribution in [2.24, 2.45) is 0 Å². The SMILES string of the molecule is CC(Sc1ccc2ccccc2n1)c1nc(N)nc(N(C)C)n1. The number of nitrogen functional groups attached to an aromatic ring is 1. The van der Waals surface area contributed by atoms with E-state index in [1.165, 1.54) is 0 Å². The Hall–Kier alpha value is -2.41. The molecule has 118 valence electrons. The van der Waals surface area contributed by atoms with Gasteiger partial charge in [-0.3, -0.25) is 0 Å². The molecule has 1 unspecified atom stereocenters. The van der Waals surface area contributed by atoms with Gasteiger partial charge in [-0.2, -0.15) is 15.0 Å². The molecular formula is C16H18N6S. The molecule has 7 heteroatoms. The predicted molar refractivity (Wildman–Crippen MR) is 94.6 cm³/mol. The number of nitrogens with two attached hydrogens (primary N) is 1. The van der Waals surface area contributed by atoms with Crippen LogP contribution >= 0.6 is 11.8 Å². The summed E-state index contributed by atoms with van der Waals surface area (Å²) >= 11 is 1.60. The number of hydrogen-bond acceptors (Lipinski definition) is 7. The molecule has 0 bridgehead atoms. The predicted octanol–water partition coefficient (Wildman–Crippen LogP) is 2.92. The molecular weight excluding hydrogens is 308 g/mol. The average Bonchev–Trinajstić information content (AvgIpc) is 2.54. The molecule has 1 aromatic carbocycles. The second-order valence-corrected chi connectivity index (χ2v) is 6.71. The maximum atomic E-state index is 5.79. The highest BCUT2D eigenvalue weighted by molar-refractivity contribution is 7.99. The van der Waals surface area contributed by atoms with Gasteiger partial charge in [0.1, 0.15) is 5.82 Å². The molecule has 0 aliphatic carbocycles. The zero-order valence-corrected chi connectivity index (χ0v) is 14.1. The molecule has 3 rings (SSSR count). The zero-order chi connectivity index (χ0) is 16.4. The molecule has 2 aromatic heterocycles. The van der Waals surface area contributed by atoms with Crippen LogP contribution in [0, 0.1) is 0 Å². The summed E-state index contributed by atoms with van der Waals surface area (Å²) in [6.07, 6.45) is 0. The smallest absolute Gasteiger partial charge is 0.229 e. The van der Waals surface area contributed by atoms with Gasteiger partial charge in [0, 0.05) is 19.5 Å². The van der Waals surface area contributed by atoms with Crippen molar-refractivity contribution < 1.29 is 0 Å². The van der Waals surface area contributed by atoms with Crippen LogP contribution in [0.1, 0.15) is 18.0 Å². The lowest BCUT2D eigenvalue weighted by atomic mass is 10.2. The largest absolute Gasteiger partial charge is 0.368 e. The van der Waals surface area contributed by atoms with E-state index >= 15 is 0 Å². The molecule has 1 atom stereocenters. The molecule has 0 aliphatic heterocycles.